The maximum absolute atomic E-state index is 13.8. The molecule has 1 N–H and O–H groups in total. The summed E-state index contributed by atoms with van der Waals surface area (Å²) >= 11 is 0. The molecule has 0 unspecified atom stereocenters. The molecule has 23 heavy (non-hydrogen) atoms. The molecule has 124 valence electrons. The number of hydrogen-bond donors (Lipinski definition) is 1. The fraction of sp³-hybridized carbons (Fsp3) is 0.471. The van der Waals surface area contributed by atoms with Crippen LogP contribution in [0.1, 0.15) is 17.0 Å². The molecule has 2 aromatic rings. The molecule has 1 aromatic carbocycles. The lowest BCUT2D eigenvalue weighted by molar-refractivity contribution is 0.137. The van der Waals surface area contributed by atoms with Crippen LogP contribution in [0.15, 0.2) is 28.8 Å². The fourth-order valence-electron chi connectivity index (χ4n) is 3.11. The molecule has 6 heteroatoms. The standard InChI is InChI=1S/C17H21FN2O3/c1-11-5-14(23-19-11)7-13-9-20(10-16(13)21)8-12-3-4-17(22-2)15(18)6-12/h3-6,13,16,21H,7-10H2,1-2H3/t13-,16-/m1/s1. The van der Waals surface area contributed by atoms with Crippen molar-refractivity contribution in [2.24, 2.45) is 5.92 Å². The third-order valence-electron chi connectivity index (χ3n) is 4.24. The van der Waals surface area contributed by atoms with E-state index in [0.717, 1.165) is 23.6 Å². The second-order valence-corrected chi connectivity index (χ2v) is 6.13. The summed E-state index contributed by atoms with van der Waals surface area (Å²) in [5.41, 5.74) is 1.71. The summed E-state index contributed by atoms with van der Waals surface area (Å²) in [5.74, 6) is 0.779. The van der Waals surface area contributed by atoms with Crippen molar-refractivity contribution in [3.05, 3.63) is 47.1 Å². The summed E-state index contributed by atoms with van der Waals surface area (Å²) in [6.45, 7) is 3.80. The zero-order valence-corrected chi connectivity index (χ0v) is 13.3. The van der Waals surface area contributed by atoms with E-state index in [1.54, 1.807) is 6.07 Å². The Morgan fingerprint density at radius 2 is 2.22 bits per heavy atom. The van der Waals surface area contributed by atoms with Gasteiger partial charge in [0.05, 0.1) is 18.9 Å². The number of benzene rings is 1. The number of aliphatic hydroxyl groups is 1. The van der Waals surface area contributed by atoms with Crippen molar-refractivity contribution in [2.45, 2.75) is 26.0 Å². The van der Waals surface area contributed by atoms with Gasteiger partial charge in [-0.15, -0.1) is 0 Å². The Labute approximate surface area is 134 Å². The van der Waals surface area contributed by atoms with Crippen LogP contribution in [-0.2, 0) is 13.0 Å². The van der Waals surface area contributed by atoms with Crippen LogP contribution in [-0.4, -0.2) is 41.5 Å². The Kier molecular flexibility index (Phi) is 4.63. The molecule has 3 rings (SSSR count). The second kappa shape index (κ2) is 6.68. The van der Waals surface area contributed by atoms with E-state index >= 15 is 0 Å². The predicted octanol–water partition coefficient (Wildman–Crippen LogP) is 2.17. The van der Waals surface area contributed by atoms with Crippen molar-refractivity contribution in [1.29, 1.82) is 0 Å². The van der Waals surface area contributed by atoms with Crippen LogP contribution in [0.5, 0.6) is 5.75 Å². The Morgan fingerprint density at radius 3 is 2.87 bits per heavy atom. The lowest BCUT2D eigenvalue weighted by Crippen LogP contribution is -2.21. The number of nitrogens with zero attached hydrogens (tertiary/aromatic N) is 2. The molecule has 0 spiro atoms. The molecule has 0 radical (unpaired) electrons. The summed E-state index contributed by atoms with van der Waals surface area (Å²) in [5, 5.41) is 14.1. The first-order chi connectivity index (χ1) is 11.0. The van der Waals surface area contributed by atoms with E-state index in [-0.39, 0.29) is 17.5 Å². The lowest BCUT2D eigenvalue weighted by Gasteiger charge is -2.15. The van der Waals surface area contributed by atoms with E-state index in [0.29, 0.717) is 19.5 Å². The average Bonchev–Trinajstić information content (AvgIpc) is 3.06. The second-order valence-electron chi connectivity index (χ2n) is 6.13. The van der Waals surface area contributed by atoms with Crippen LogP contribution in [0.3, 0.4) is 0 Å². The lowest BCUT2D eigenvalue weighted by atomic mass is 10.0. The van der Waals surface area contributed by atoms with Gasteiger partial charge in [-0.3, -0.25) is 4.90 Å². The van der Waals surface area contributed by atoms with Gasteiger partial charge in [-0.1, -0.05) is 11.2 Å². The molecule has 1 fully saturated rings. The van der Waals surface area contributed by atoms with Crippen molar-refractivity contribution in [3.8, 4) is 5.75 Å². The molecule has 1 aliphatic heterocycles. The molecule has 0 amide bonds. The van der Waals surface area contributed by atoms with Gasteiger partial charge in [0.25, 0.3) is 0 Å². The molecule has 0 bridgehead atoms. The minimum atomic E-state index is -0.413. The van der Waals surface area contributed by atoms with Gasteiger partial charge >= 0.3 is 0 Å². The SMILES string of the molecule is COc1ccc(CN2C[C@@H](Cc3cc(C)no3)[C@H](O)C2)cc1F. The van der Waals surface area contributed by atoms with Gasteiger partial charge in [-0.05, 0) is 24.6 Å². The number of likely N-dealkylation sites (tertiary alicyclic amines) is 1. The molecule has 5 nitrogen and oxygen atoms in total. The van der Waals surface area contributed by atoms with Gasteiger partial charge in [0.15, 0.2) is 11.6 Å². The van der Waals surface area contributed by atoms with E-state index in [9.17, 15) is 9.50 Å². The smallest absolute Gasteiger partial charge is 0.165 e. The first-order valence-electron chi connectivity index (χ1n) is 7.70. The van der Waals surface area contributed by atoms with Crippen molar-refractivity contribution in [3.63, 3.8) is 0 Å². The molecule has 2 heterocycles. The molecular weight excluding hydrogens is 299 g/mol. The van der Waals surface area contributed by atoms with Crippen molar-refractivity contribution in [1.82, 2.24) is 10.1 Å². The topological polar surface area (TPSA) is 58.7 Å². The molecule has 0 aliphatic carbocycles. The Bertz CT molecular complexity index is 674. The Balaban J connectivity index is 1.61. The minimum absolute atomic E-state index is 0.102. The van der Waals surface area contributed by atoms with Crippen LogP contribution >= 0.6 is 0 Å². The number of hydrogen-bond acceptors (Lipinski definition) is 5. The van der Waals surface area contributed by atoms with Crippen LogP contribution in [0.25, 0.3) is 0 Å². The molecule has 1 aromatic heterocycles. The number of methoxy groups -OCH3 is 1. The van der Waals surface area contributed by atoms with Crippen LogP contribution < -0.4 is 4.74 Å². The van der Waals surface area contributed by atoms with Gasteiger partial charge in [-0.2, -0.15) is 0 Å². The van der Waals surface area contributed by atoms with Crippen LogP contribution in [0.2, 0.25) is 0 Å². The summed E-state index contributed by atoms with van der Waals surface area (Å²) in [6.07, 6.45) is 0.249. The van der Waals surface area contributed by atoms with E-state index in [4.69, 9.17) is 9.26 Å². The predicted molar refractivity (Wildman–Crippen MR) is 82.7 cm³/mol. The number of aryl methyl sites for hydroxylation is 1. The number of aliphatic hydroxyl groups excluding tert-OH is 1. The summed E-state index contributed by atoms with van der Waals surface area (Å²) in [6, 6.07) is 6.86. The summed E-state index contributed by atoms with van der Waals surface area (Å²) < 4.78 is 23.9. The first-order valence-corrected chi connectivity index (χ1v) is 7.70. The van der Waals surface area contributed by atoms with Gasteiger partial charge in [0.2, 0.25) is 0 Å². The monoisotopic (exact) mass is 320 g/mol. The highest BCUT2D eigenvalue weighted by atomic mass is 19.1. The molecule has 0 saturated carbocycles. The van der Waals surface area contributed by atoms with E-state index in [1.807, 2.05) is 19.1 Å². The highest BCUT2D eigenvalue weighted by Gasteiger charge is 2.32. The van der Waals surface area contributed by atoms with E-state index in [1.165, 1.54) is 13.2 Å². The molecule has 2 atom stereocenters. The van der Waals surface area contributed by atoms with Gasteiger partial charge in [-0.25, -0.2) is 4.39 Å². The first kappa shape index (κ1) is 16.0. The molecule has 1 aliphatic rings. The third-order valence-corrected chi connectivity index (χ3v) is 4.24. The van der Waals surface area contributed by atoms with Crippen molar-refractivity contribution < 1.29 is 18.8 Å². The summed E-state index contributed by atoms with van der Waals surface area (Å²) in [7, 11) is 1.45. The van der Waals surface area contributed by atoms with Crippen LogP contribution in [0, 0.1) is 18.7 Å². The Hall–Kier alpha value is -1.92. The zero-order chi connectivity index (χ0) is 16.4. The maximum atomic E-state index is 13.8. The molecule has 1 saturated heterocycles. The van der Waals surface area contributed by atoms with E-state index in [2.05, 4.69) is 10.1 Å². The molecular formula is C17H21FN2O3. The zero-order valence-electron chi connectivity index (χ0n) is 13.3. The highest BCUT2D eigenvalue weighted by molar-refractivity contribution is 5.29. The quantitative estimate of drug-likeness (QED) is 0.915. The number of ether oxygens (including phenoxy) is 1. The summed E-state index contributed by atoms with van der Waals surface area (Å²) in [4.78, 5) is 2.12. The maximum Gasteiger partial charge on any atom is 0.165 e. The Morgan fingerprint density at radius 1 is 1.39 bits per heavy atom. The number of halogens is 1. The van der Waals surface area contributed by atoms with Crippen LogP contribution in [0.4, 0.5) is 4.39 Å². The minimum Gasteiger partial charge on any atom is -0.494 e. The third kappa shape index (κ3) is 3.71. The van der Waals surface area contributed by atoms with Crippen molar-refractivity contribution in [2.75, 3.05) is 20.2 Å². The van der Waals surface area contributed by atoms with Gasteiger partial charge in [0.1, 0.15) is 5.76 Å². The highest BCUT2D eigenvalue weighted by Crippen LogP contribution is 2.25. The van der Waals surface area contributed by atoms with Crippen molar-refractivity contribution >= 4 is 0 Å². The van der Waals surface area contributed by atoms with Gasteiger partial charge < -0.3 is 14.4 Å². The number of rotatable bonds is 5. The van der Waals surface area contributed by atoms with E-state index < -0.39 is 6.10 Å². The average molecular weight is 320 g/mol. The van der Waals surface area contributed by atoms with Gasteiger partial charge in [0, 0.05) is 38.0 Å². The number of aromatic nitrogens is 1. The number of β-amino-alcohol motifs (C(OH)–C–C–N with tert-alkyl or cyclic N) is 1. The largest absolute Gasteiger partial charge is 0.494 e. The normalized spacial score (nSPS) is 21.7. The fourth-order valence-corrected chi connectivity index (χ4v) is 3.11.